The Balaban J connectivity index is 2.27. The molecule has 0 amide bonds. The lowest BCUT2D eigenvalue weighted by Gasteiger charge is -2.34. The van der Waals surface area contributed by atoms with Crippen LogP contribution in [-0.4, -0.2) is 18.2 Å². The van der Waals surface area contributed by atoms with Gasteiger partial charge in [-0.15, -0.1) is 0 Å². The van der Waals surface area contributed by atoms with Gasteiger partial charge in [-0.05, 0) is 49.2 Å². The average molecular weight is 304 g/mol. The van der Waals surface area contributed by atoms with Gasteiger partial charge < -0.3 is 10.6 Å². The Morgan fingerprint density at radius 3 is 2.45 bits per heavy atom. The molecular formula is C17H25FN4. The standard InChI is InChI=1S/C17H25FN4/c1-5-17(19-6-2)11-15(12(3)4)21-16(22-17)20-14-9-7-13(18)8-10-14/h7-12,19H,5-6H2,1-4H3,(H2,20,21,22). The molecule has 0 saturated heterocycles. The third-order valence-corrected chi connectivity index (χ3v) is 3.72. The molecule has 0 fully saturated rings. The van der Waals surface area contributed by atoms with Crippen LogP contribution in [-0.2, 0) is 0 Å². The van der Waals surface area contributed by atoms with Crippen molar-refractivity contribution in [2.45, 2.75) is 39.8 Å². The highest BCUT2D eigenvalue weighted by Crippen LogP contribution is 2.23. The van der Waals surface area contributed by atoms with E-state index in [2.05, 4.69) is 49.7 Å². The van der Waals surface area contributed by atoms with E-state index in [-0.39, 0.29) is 5.82 Å². The summed E-state index contributed by atoms with van der Waals surface area (Å²) in [5, 5.41) is 10.0. The third-order valence-electron chi connectivity index (χ3n) is 3.72. The van der Waals surface area contributed by atoms with E-state index in [1.807, 2.05) is 0 Å². The second-order valence-corrected chi connectivity index (χ2v) is 5.78. The smallest absolute Gasteiger partial charge is 0.202 e. The number of hydrogen-bond donors (Lipinski definition) is 3. The zero-order valence-electron chi connectivity index (χ0n) is 13.7. The van der Waals surface area contributed by atoms with Gasteiger partial charge in [0.2, 0.25) is 5.96 Å². The number of nitrogens with zero attached hydrogens (tertiary/aromatic N) is 1. The van der Waals surface area contributed by atoms with Crippen LogP contribution in [0.2, 0.25) is 0 Å². The predicted octanol–water partition coefficient (Wildman–Crippen LogP) is 3.45. The summed E-state index contributed by atoms with van der Waals surface area (Å²) < 4.78 is 13.0. The minimum absolute atomic E-state index is 0.248. The molecule has 0 saturated carbocycles. The predicted molar refractivity (Wildman–Crippen MR) is 90.2 cm³/mol. The number of likely N-dealkylation sites (N-methyl/N-ethyl adjacent to an activating group) is 1. The third kappa shape index (κ3) is 3.85. The van der Waals surface area contributed by atoms with Crippen LogP contribution in [0.1, 0.15) is 34.1 Å². The normalized spacial score (nSPS) is 21.2. The van der Waals surface area contributed by atoms with Gasteiger partial charge in [0.1, 0.15) is 11.5 Å². The molecule has 1 heterocycles. The summed E-state index contributed by atoms with van der Waals surface area (Å²) in [6.45, 7) is 9.31. The molecule has 4 nitrogen and oxygen atoms in total. The van der Waals surface area contributed by atoms with E-state index in [1.165, 1.54) is 12.1 Å². The molecule has 1 unspecified atom stereocenters. The second kappa shape index (κ2) is 6.92. The van der Waals surface area contributed by atoms with Gasteiger partial charge in [0, 0.05) is 11.4 Å². The van der Waals surface area contributed by atoms with Crippen molar-refractivity contribution >= 4 is 11.6 Å². The van der Waals surface area contributed by atoms with Crippen molar-refractivity contribution in [2.24, 2.45) is 10.9 Å². The highest BCUT2D eigenvalue weighted by molar-refractivity contribution is 5.95. The Hall–Kier alpha value is -1.88. The highest BCUT2D eigenvalue weighted by atomic mass is 19.1. The van der Waals surface area contributed by atoms with E-state index in [1.54, 1.807) is 12.1 Å². The Bertz CT molecular complexity index is 563. The number of anilines is 1. The molecule has 1 aromatic rings. The van der Waals surface area contributed by atoms with Crippen molar-refractivity contribution < 1.29 is 4.39 Å². The zero-order valence-corrected chi connectivity index (χ0v) is 13.7. The van der Waals surface area contributed by atoms with Crippen molar-refractivity contribution in [3.8, 4) is 0 Å². The van der Waals surface area contributed by atoms with Gasteiger partial charge in [-0.3, -0.25) is 5.32 Å². The molecule has 120 valence electrons. The van der Waals surface area contributed by atoms with Crippen LogP contribution >= 0.6 is 0 Å². The molecule has 22 heavy (non-hydrogen) atoms. The summed E-state index contributed by atoms with van der Waals surface area (Å²) in [4.78, 5) is 4.79. The number of allylic oxidation sites excluding steroid dienone is 1. The monoisotopic (exact) mass is 304 g/mol. The first-order chi connectivity index (χ1) is 10.5. The van der Waals surface area contributed by atoms with Gasteiger partial charge in [0.25, 0.3) is 0 Å². The molecule has 1 aliphatic heterocycles. The van der Waals surface area contributed by atoms with Crippen LogP contribution in [0, 0.1) is 11.7 Å². The molecule has 0 bridgehead atoms. The number of guanidine groups is 1. The zero-order chi connectivity index (χ0) is 16.2. The SMILES string of the molecule is CCNC1(CC)C=C(C(C)C)NC(Nc2ccc(F)cc2)=N1. The maximum atomic E-state index is 13.0. The Morgan fingerprint density at radius 1 is 1.23 bits per heavy atom. The second-order valence-electron chi connectivity index (χ2n) is 5.78. The van der Waals surface area contributed by atoms with Gasteiger partial charge in [-0.1, -0.05) is 27.7 Å². The first-order valence-electron chi connectivity index (χ1n) is 7.85. The Kier molecular flexibility index (Phi) is 5.19. The summed E-state index contributed by atoms with van der Waals surface area (Å²) in [6, 6.07) is 6.27. The summed E-state index contributed by atoms with van der Waals surface area (Å²) >= 11 is 0. The van der Waals surface area contributed by atoms with Crippen LogP contribution < -0.4 is 16.0 Å². The quantitative estimate of drug-likeness (QED) is 0.781. The van der Waals surface area contributed by atoms with E-state index < -0.39 is 5.66 Å². The molecular weight excluding hydrogens is 279 g/mol. The molecule has 1 aromatic carbocycles. The number of rotatable bonds is 5. The van der Waals surface area contributed by atoms with Crippen molar-refractivity contribution in [1.29, 1.82) is 0 Å². The summed E-state index contributed by atoms with van der Waals surface area (Å²) in [5.41, 5.74) is 1.53. The number of halogens is 1. The van der Waals surface area contributed by atoms with Gasteiger partial charge in [0.05, 0.1) is 0 Å². The number of nitrogens with one attached hydrogen (secondary N) is 3. The first-order valence-corrected chi connectivity index (χ1v) is 7.85. The van der Waals surface area contributed by atoms with Crippen LogP contribution in [0.3, 0.4) is 0 Å². The fourth-order valence-corrected chi connectivity index (χ4v) is 2.43. The molecule has 1 aliphatic rings. The maximum absolute atomic E-state index is 13.0. The molecule has 0 aliphatic carbocycles. The summed E-state index contributed by atoms with van der Waals surface area (Å²) in [7, 11) is 0. The molecule has 2 rings (SSSR count). The topological polar surface area (TPSA) is 48.4 Å². The van der Waals surface area contributed by atoms with Crippen LogP contribution in [0.5, 0.6) is 0 Å². The van der Waals surface area contributed by atoms with E-state index in [4.69, 9.17) is 4.99 Å². The van der Waals surface area contributed by atoms with Crippen LogP contribution in [0.4, 0.5) is 10.1 Å². The minimum atomic E-state index is -0.401. The van der Waals surface area contributed by atoms with E-state index in [0.717, 1.165) is 24.4 Å². The molecule has 5 heteroatoms. The fourth-order valence-electron chi connectivity index (χ4n) is 2.43. The summed E-state index contributed by atoms with van der Waals surface area (Å²) in [6.07, 6.45) is 3.02. The molecule has 0 spiro atoms. The van der Waals surface area contributed by atoms with Crippen molar-refractivity contribution in [3.05, 3.63) is 41.9 Å². The van der Waals surface area contributed by atoms with Gasteiger partial charge in [-0.25, -0.2) is 9.38 Å². The Labute approximate surface area is 131 Å². The first kappa shape index (κ1) is 16.5. The van der Waals surface area contributed by atoms with E-state index in [9.17, 15) is 4.39 Å². The van der Waals surface area contributed by atoms with Crippen LogP contribution in [0.25, 0.3) is 0 Å². The lowest BCUT2D eigenvalue weighted by molar-refractivity contribution is 0.401. The summed E-state index contributed by atoms with van der Waals surface area (Å²) in [5.74, 6) is 0.799. The largest absolute Gasteiger partial charge is 0.330 e. The van der Waals surface area contributed by atoms with Crippen molar-refractivity contribution in [2.75, 3.05) is 11.9 Å². The molecule has 0 aromatic heterocycles. The van der Waals surface area contributed by atoms with Gasteiger partial charge in [-0.2, -0.15) is 0 Å². The molecule has 1 atom stereocenters. The highest BCUT2D eigenvalue weighted by Gasteiger charge is 2.29. The number of benzene rings is 1. The number of hydrogen-bond acceptors (Lipinski definition) is 4. The van der Waals surface area contributed by atoms with Crippen molar-refractivity contribution in [1.82, 2.24) is 10.6 Å². The van der Waals surface area contributed by atoms with E-state index in [0.29, 0.717) is 11.9 Å². The lowest BCUT2D eigenvalue weighted by atomic mass is 9.99. The van der Waals surface area contributed by atoms with Gasteiger partial charge in [0.15, 0.2) is 0 Å². The molecule has 0 radical (unpaired) electrons. The van der Waals surface area contributed by atoms with Crippen LogP contribution in [0.15, 0.2) is 41.0 Å². The number of aliphatic imine (C=N–C) groups is 1. The lowest BCUT2D eigenvalue weighted by Crippen LogP contribution is -2.49. The maximum Gasteiger partial charge on any atom is 0.202 e. The molecule has 3 N–H and O–H groups in total. The Morgan fingerprint density at radius 2 is 1.91 bits per heavy atom. The fraction of sp³-hybridized carbons (Fsp3) is 0.471. The van der Waals surface area contributed by atoms with E-state index >= 15 is 0 Å². The average Bonchev–Trinajstić information content (AvgIpc) is 2.49. The van der Waals surface area contributed by atoms with Crippen molar-refractivity contribution in [3.63, 3.8) is 0 Å². The van der Waals surface area contributed by atoms with Gasteiger partial charge >= 0.3 is 0 Å². The minimum Gasteiger partial charge on any atom is -0.330 e.